The van der Waals surface area contributed by atoms with Gasteiger partial charge >= 0.3 is 0 Å². The van der Waals surface area contributed by atoms with Gasteiger partial charge in [0.05, 0.1) is 18.8 Å². The second-order valence-corrected chi connectivity index (χ2v) is 5.36. The third-order valence-corrected chi connectivity index (χ3v) is 4.32. The fourth-order valence-corrected chi connectivity index (χ4v) is 3.29. The fraction of sp³-hybridized carbons (Fsp3) is 0.929. The molecule has 0 atom stereocenters. The summed E-state index contributed by atoms with van der Waals surface area (Å²) in [5.74, 6) is 0.499. The molecule has 1 heterocycles. The topological polar surface area (TPSA) is 29.5 Å². The molecule has 0 aromatic rings. The Morgan fingerprint density at radius 3 is 2.47 bits per heavy atom. The molecule has 3 nitrogen and oxygen atoms in total. The first-order valence-corrected chi connectivity index (χ1v) is 7.16. The molecule has 0 N–H and O–H groups in total. The van der Waals surface area contributed by atoms with E-state index in [0.717, 1.165) is 58.4 Å². The number of ketones is 1. The lowest BCUT2D eigenvalue weighted by Crippen LogP contribution is -2.56. The van der Waals surface area contributed by atoms with Crippen LogP contribution in [0, 0.1) is 0 Å². The number of Topliss-reactive ketones (excluding diaryl/α,β-unsaturated/α-hetero) is 1. The predicted molar refractivity (Wildman–Crippen MR) is 68.1 cm³/mol. The van der Waals surface area contributed by atoms with E-state index in [1.807, 2.05) is 0 Å². The number of ether oxygens (including phenoxy) is 1. The molecule has 2 aliphatic rings. The molecule has 0 radical (unpaired) electrons. The summed E-state index contributed by atoms with van der Waals surface area (Å²) in [6.45, 7) is 5.63. The second kappa shape index (κ2) is 5.96. The van der Waals surface area contributed by atoms with E-state index in [1.54, 1.807) is 0 Å². The van der Waals surface area contributed by atoms with Crippen LogP contribution < -0.4 is 0 Å². The summed E-state index contributed by atoms with van der Waals surface area (Å²) < 4.78 is 5.41. The van der Waals surface area contributed by atoms with E-state index in [4.69, 9.17) is 4.74 Å². The maximum absolute atomic E-state index is 12.5. The van der Waals surface area contributed by atoms with Gasteiger partial charge in [-0.25, -0.2) is 0 Å². The summed E-state index contributed by atoms with van der Waals surface area (Å²) in [4.78, 5) is 15.0. The first-order valence-electron chi connectivity index (χ1n) is 7.16. The number of hydrogen-bond donors (Lipinski definition) is 0. The van der Waals surface area contributed by atoms with Crippen LogP contribution in [-0.4, -0.2) is 42.5 Å². The van der Waals surface area contributed by atoms with E-state index < -0.39 is 0 Å². The zero-order valence-corrected chi connectivity index (χ0v) is 11.0. The predicted octanol–water partition coefficient (Wildman–Crippen LogP) is 2.39. The maximum atomic E-state index is 12.5. The Labute approximate surface area is 105 Å². The minimum atomic E-state index is -0.112. The molecule has 1 saturated heterocycles. The molecule has 0 bridgehead atoms. The van der Waals surface area contributed by atoms with E-state index >= 15 is 0 Å². The molecular formula is C14H25NO2. The van der Waals surface area contributed by atoms with Crippen molar-refractivity contribution in [2.45, 2.75) is 57.4 Å². The van der Waals surface area contributed by atoms with Gasteiger partial charge in [0.15, 0.2) is 5.78 Å². The van der Waals surface area contributed by atoms with Crippen molar-refractivity contribution >= 4 is 5.78 Å². The van der Waals surface area contributed by atoms with Gasteiger partial charge in [0.1, 0.15) is 0 Å². The van der Waals surface area contributed by atoms with E-state index in [9.17, 15) is 4.79 Å². The summed E-state index contributed by atoms with van der Waals surface area (Å²) in [7, 11) is 0. The van der Waals surface area contributed by atoms with Crippen molar-refractivity contribution in [3.63, 3.8) is 0 Å². The van der Waals surface area contributed by atoms with Gasteiger partial charge in [0.25, 0.3) is 0 Å². The van der Waals surface area contributed by atoms with Crippen molar-refractivity contribution in [3.8, 4) is 0 Å². The summed E-state index contributed by atoms with van der Waals surface area (Å²) in [5.41, 5.74) is -0.112. The highest BCUT2D eigenvalue weighted by atomic mass is 16.5. The van der Waals surface area contributed by atoms with Crippen molar-refractivity contribution in [2.24, 2.45) is 0 Å². The number of unbranched alkanes of at least 4 members (excludes halogenated alkanes) is 1. The molecule has 0 spiro atoms. The van der Waals surface area contributed by atoms with Crippen molar-refractivity contribution in [2.75, 3.05) is 26.3 Å². The SMILES string of the molecule is CCCCC(=O)C1(N2CCOCC2)CCCC1. The smallest absolute Gasteiger partial charge is 0.153 e. The lowest BCUT2D eigenvalue weighted by molar-refractivity contribution is -0.134. The van der Waals surface area contributed by atoms with Crippen LogP contribution in [0.25, 0.3) is 0 Å². The zero-order valence-electron chi connectivity index (χ0n) is 11.0. The number of morpholine rings is 1. The van der Waals surface area contributed by atoms with Gasteiger partial charge in [0, 0.05) is 19.5 Å². The highest BCUT2D eigenvalue weighted by Gasteiger charge is 2.45. The third-order valence-electron chi connectivity index (χ3n) is 4.32. The fourth-order valence-electron chi connectivity index (χ4n) is 3.29. The molecule has 2 rings (SSSR count). The van der Waals surface area contributed by atoms with Crippen molar-refractivity contribution in [3.05, 3.63) is 0 Å². The Hall–Kier alpha value is -0.410. The molecular weight excluding hydrogens is 214 g/mol. The Kier molecular flexibility index (Phi) is 4.57. The van der Waals surface area contributed by atoms with Gasteiger partial charge < -0.3 is 4.74 Å². The van der Waals surface area contributed by atoms with Crippen LogP contribution >= 0.6 is 0 Å². The lowest BCUT2D eigenvalue weighted by atomic mass is 9.86. The Bertz CT molecular complexity index is 253. The standard InChI is InChI=1S/C14H25NO2/c1-2-3-6-13(16)14(7-4-5-8-14)15-9-11-17-12-10-15/h2-12H2,1H3. The monoisotopic (exact) mass is 239 g/mol. The summed E-state index contributed by atoms with van der Waals surface area (Å²) in [6.07, 6.45) is 7.53. The number of nitrogens with zero attached hydrogens (tertiary/aromatic N) is 1. The van der Waals surface area contributed by atoms with Gasteiger partial charge in [-0.15, -0.1) is 0 Å². The minimum absolute atomic E-state index is 0.112. The average molecular weight is 239 g/mol. The van der Waals surface area contributed by atoms with E-state index in [0.29, 0.717) is 5.78 Å². The van der Waals surface area contributed by atoms with E-state index in [-0.39, 0.29) is 5.54 Å². The van der Waals surface area contributed by atoms with Crippen LogP contribution in [-0.2, 0) is 9.53 Å². The summed E-state index contributed by atoms with van der Waals surface area (Å²) in [6, 6.07) is 0. The van der Waals surface area contributed by atoms with Gasteiger partial charge in [-0.3, -0.25) is 9.69 Å². The molecule has 3 heteroatoms. The number of hydrogen-bond acceptors (Lipinski definition) is 3. The highest BCUT2D eigenvalue weighted by Crippen LogP contribution is 2.37. The third kappa shape index (κ3) is 2.71. The zero-order chi connectivity index (χ0) is 12.1. The first kappa shape index (κ1) is 13.0. The van der Waals surface area contributed by atoms with Crippen LogP contribution in [0.1, 0.15) is 51.9 Å². The molecule has 1 aliphatic carbocycles. The van der Waals surface area contributed by atoms with Crippen molar-refractivity contribution in [1.29, 1.82) is 0 Å². The molecule has 98 valence electrons. The van der Waals surface area contributed by atoms with Crippen LogP contribution in [0.2, 0.25) is 0 Å². The van der Waals surface area contributed by atoms with Gasteiger partial charge in [0.2, 0.25) is 0 Å². The first-order chi connectivity index (χ1) is 8.29. The summed E-state index contributed by atoms with van der Waals surface area (Å²) in [5, 5.41) is 0. The van der Waals surface area contributed by atoms with Crippen molar-refractivity contribution < 1.29 is 9.53 Å². The Balaban J connectivity index is 2.05. The van der Waals surface area contributed by atoms with Gasteiger partial charge in [-0.1, -0.05) is 26.2 Å². The van der Waals surface area contributed by atoms with E-state index in [1.165, 1.54) is 12.8 Å². The lowest BCUT2D eigenvalue weighted by Gasteiger charge is -2.42. The number of carbonyl (C=O) groups excluding carboxylic acids is 1. The largest absolute Gasteiger partial charge is 0.379 e. The van der Waals surface area contributed by atoms with E-state index in [2.05, 4.69) is 11.8 Å². The average Bonchev–Trinajstić information content (AvgIpc) is 2.87. The van der Waals surface area contributed by atoms with Crippen LogP contribution in [0.4, 0.5) is 0 Å². The molecule has 0 amide bonds. The second-order valence-electron chi connectivity index (χ2n) is 5.36. The molecule has 2 fully saturated rings. The van der Waals surface area contributed by atoms with Gasteiger partial charge in [-0.2, -0.15) is 0 Å². The Morgan fingerprint density at radius 1 is 1.24 bits per heavy atom. The number of carbonyl (C=O) groups is 1. The minimum Gasteiger partial charge on any atom is -0.379 e. The quantitative estimate of drug-likeness (QED) is 0.738. The van der Waals surface area contributed by atoms with Crippen LogP contribution in [0.3, 0.4) is 0 Å². The number of rotatable bonds is 5. The molecule has 0 aromatic carbocycles. The Morgan fingerprint density at radius 2 is 1.88 bits per heavy atom. The van der Waals surface area contributed by atoms with Crippen LogP contribution in [0.5, 0.6) is 0 Å². The maximum Gasteiger partial charge on any atom is 0.153 e. The highest BCUT2D eigenvalue weighted by molar-refractivity contribution is 5.88. The normalized spacial score (nSPS) is 25.0. The molecule has 1 aliphatic heterocycles. The summed E-state index contributed by atoms with van der Waals surface area (Å²) >= 11 is 0. The molecule has 0 unspecified atom stereocenters. The van der Waals surface area contributed by atoms with Crippen LogP contribution in [0.15, 0.2) is 0 Å². The van der Waals surface area contributed by atoms with Crippen molar-refractivity contribution in [1.82, 2.24) is 4.90 Å². The molecule has 0 aromatic heterocycles. The van der Waals surface area contributed by atoms with Gasteiger partial charge in [-0.05, 0) is 19.3 Å². The molecule has 1 saturated carbocycles. The molecule has 17 heavy (non-hydrogen) atoms.